The maximum atomic E-state index is 11.7. The summed E-state index contributed by atoms with van der Waals surface area (Å²) < 4.78 is 11.1. The van der Waals surface area contributed by atoms with Crippen LogP contribution in [0.2, 0.25) is 0 Å². The lowest BCUT2D eigenvalue weighted by Gasteiger charge is -2.35. The first kappa shape index (κ1) is 26.6. The molecule has 0 radical (unpaired) electrons. The lowest BCUT2D eigenvalue weighted by atomic mass is 9.98. The summed E-state index contributed by atoms with van der Waals surface area (Å²) in [4.78, 5) is 24.8. The smallest absolute Gasteiger partial charge is 0.254 e. The average Bonchev–Trinajstić information content (AvgIpc) is 2.94. The van der Waals surface area contributed by atoms with Crippen molar-refractivity contribution in [2.24, 2.45) is 0 Å². The van der Waals surface area contributed by atoms with Gasteiger partial charge >= 0.3 is 0 Å². The van der Waals surface area contributed by atoms with E-state index >= 15 is 0 Å². The van der Waals surface area contributed by atoms with E-state index in [4.69, 9.17) is 15.9 Å². The van der Waals surface area contributed by atoms with Crippen LogP contribution in [-0.4, -0.2) is 47.7 Å². The molecule has 1 aliphatic heterocycles. The van der Waals surface area contributed by atoms with E-state index in [-0.39, 0.29) is 17.4 Å². The molecule has 0 N–H and O–H groups in total. The Kier molecular flexibility index (Phi) is 13.9. The minimum absolute atomic E-state index is 0.267. The number of ether oxygens (including phenoxy) is 2. The Morgan fingerprint density at radius 2 is 1.46 bits per heavy atom. The van der Waals surface area contributed by atoms with Crippen LogP contribution in [0.3, 0.4) is 0 Å². The summed E-state index contributed by atoms with van der Waals surface area (Å²) in [7, 11) is 0. The molecule has 0 aromatic rings. The molecule has 5 nitrogen and oxygen atoms in total. The van der Waals surface area contributed by atoms with Crippen molar-refractivity contribution in [1.82, 2.24) is 4.90 Å². The first-order valence-electron chi connectivity index (χ1n) is 9.41. The standard InChI is InChI=1S/C17H25NO4.2C2H6/c1-6-11-21-12-10-17(4,5)22-13-9-16(2,3)18-14(19)7-8-15(18)20;2*1-2/h1,7-8H,9-13H2,2-5H3;2*1-2H3. The highest BCUT2D eigenvalue weighted by atomic mass is 16.5. The molecule has 0 aromatic heterocycles. The predicted octanol–water partition coefficient (Wildman–Crippen LogP) is 3.97. The normalized spacial score (nSPS) is 13.6. The summed E-state index contributed by atoms with van der Waals surface area (Å²) >= 11 is 0. The van der Waals surface area contributed by atoms with E-state index in [1.807, 2.05) is 55.4 Å². The Morgan fingerprint density at radius 1 is 0.962 bits per heavy atom. The molecule has 5 heteroatoms. The Labute approximate surface area is 160 Å². The second-order valence-electron chi connectivity index (χ2n) is 6.52. The van der Waals surface area contributed by atoms with Crippen molar-refractivity contribution in [3.05, 3.63) is 12.2 Å². The number of terminal acetylenes is 1. The lowest BCUT2D eigenvalue weighted by Crippen LogP contribution is -2.48. The van der Waals surface area contributed by atoms with Crippen LogP contribution in [0.5, 0.6) is 0 Å². The number of rotatable bonds is 9. The second-order valence-corrected chi connectivity index (χ2v) is 6.52. The largest absolute Gasteiger partial charge is 0.375 e. The van der Waals surface area contributed by atoms with Gasteiger partial charge in [-0.1, -0.05) is 33.6 Å². The monoisotopic (exact) mass is 367 g/mol. The fraction of sp³-hybridized carbons (Fsp3) is 0.714. The Morgan fingerprint density at radius 3 is 1.92 bits per heavy atom. The molecule has 0 fully saturated rings. The molecule has 0 aromatic carbocycles. The molecule has 1 aliphatic rings. The van der Waals surface area contributed by atoms with Gasteiger partial charge in [-0.15, -0.1) is 6.42 Å². The van der Waals surface area contributed by atoms with Crippen molar-refractivity contribution in [1.29, 1.82) is 0 Å². The van der Waals surface area contributed by atoms with Crippen LogP contribution in [0.1, 0.15) is 68.2 Å². The fourth-order valence-electron chi connectivity index (χ4n) is 2.21. The summed E-state index contributed by atoms with van der Waals surface area (Å²) in [6.45, 7) is 17.0. The van der Waals surface area contributed by atoms with Gasteiger partial charge in [0.25, 0.3) is 11.8 Å². The van der Waals surface area contributed by atoms with Crippen molar-refractivity contribution >= 4 is 11.8 Å². The zero-order chi connectivity index (χ0) is 20.8. The molecule has 2 amide bonds. The van der Waals surface area contributed by atoms with Gasteiger partial charge in [-0.2, -0.15) is 0 Å². The van der Waals surface area contributed by atoms with E-state index in [0.29, 0.717) is 26.2 Å². The van der Waals surface area contributed by atoms with Crippen LogP contribution in [0, 0.1) is 12.3 Å². The third kappa shape index (κ3) is 9.74. The molecule has 0 aliphatic carbocycles. The highest BCUT2D eigenvalue weighted by Gasteiger charge is 2.37. The molecule has 1 rings (SSSR count). The Hall–Kier alpha value is -1.64. The quantitative estimate of drug-likeness (QED) is 0.351. The number of carbonyl (C=O) groups excluding carboxylic acids is 2. The van der Waals surface area contributed by atoms with Crippen LogP contribution in [0.15, 0.2) is 12.2 Å². The van der Waals surface area contributed by atoms with Gasteiger partial charge in [0, 0.05) is 24.3 Å². The highest BCUT2D eigenvalue weighted by molar-refractivity contribution is 6.13. The van der Waals surface area contributed by atoms with Crippen LogP contribution in [0.25, 0.3) is 0 Å². The second kappa shape index (κ2) is 13.5. The van der Waals surface area contributed by atoms with E-state index in [1.165, 1.54) is 17.1 Å². The van der Waals surface area contributed by atoms with Gasteiger partial charge in [0.2, 0.25) is 0 Å². The minimum Gasteiger partial charge on any atom is -0.375 e. The third-order valence-electron chi connectivity index (χ3n) is 3.66. The Bertz CT molecular complexity index is 469. The fourth-order valence-corrected chi connectivity index (χ4v) is 2.21. The third-order valence-corrected chi connectivity index (χ3v) is 3.66. The Balaban J connectivity index is 0. The number of amides is 2. The molecular weight excluding hydrogens is 330 g/mol. The molecule has 0 saturated heterocycles. The number of carbonyl (C=O) groups is 2. The highest BCUT2D eigenvalue weighted by Crippen LogP contribution is 2.24. The summed E-state index contributed by atoms with van der Waals surface area (Å²) in [5.41, 5.74) is -0.921. The minimum atomic E-state index is -0.576. The van der Waals surface area contributed by atoms with Crippen molar-refractivity contribution in [3.8, 4) is 12.3 Å². The van der Waals surface area contributed by atoms with E-state index in [0.717, 1.165) is 6.42 Å². The van der Waals surface area contributed by atoms with Gasteiger partial charge in [0.15, 0.2) is 0 Å². The van der Waals surface area contributed by atoms with Crippen LogP contribution >= 0.6 is 0 Å². The number of hydrogen-bond acceptors (Lipinski definition) is 4. The number of nitrogens with zero attached hydrogens (tertiary/aromatic N) is 1. The molecule has 150 valence electrons. The molecule has 1 heterocycles. The van der Waals surface area contributed by atoms with Crippen molar-refractivity contribution in [2.75, 3.05) is 19.8 Å². The zero-order valence-electron chi connectivity index (χ0n) is 17.8. The van der Waals surface area contributed by atoms with Crippen LogP contribution < -0.4 is 0 Å². The van der Waals surface area contributed by atoms with Gasteiger partial charge in [0.1, 0.15) is 6.61 Å². The molecule has 26 heavy (non-hydrogen) atoms. The van der Waals surface area contributed by atoms with E-state index < -0.39 is 5.54 Å². The maximum Gasteiger partial charge on any atom is 0.254 e. The maximum absolute atomic E-state index is 11.7. The molecule has 0 atom stereocenters. The average molecular weight is 368 g/mol. The molecule has 0 saturated carbocycles. The first-order chi connectivity index (χ1) is 12.2. The molecule has 0 bridgehead atoms. The SMILES string of the molecule is C#CCOCCC(C)(C)OCCC(C)(C)N1C(=O)C=CC1=O.CC.CC. The van der Waals surface area contributed by atoms with Gasteiger partial charge < -0.3 is 9.47 Å². The molecule has 0 unspecified atom stereocenters. The van der Waals surface area contributed by atoms with E-state index in [2.05, 4.69) is 5.92 Å². The zero-order valence-corrected chi connectivity index (χ0v) is 17.8. The van der Waals surface area contributed by atoms with Crippen molar-refractivity contribution in [2.45, 2.75) is 79.4 Å². The number of imide groups is 1. The van der Waals surface area contributed by atoms with Gasteiger partial charge in [0.05, 0.1) is 12.2 Å². The first-order valence-corrected chi connectivity index (χ1v) is 9.41. The van der Waals surface area contributed by atoms with E-state index in [9.17, 15) is 9.59 Å². The van der Waals surface area contributed by atoms with Crippen molar-refractivity contribution < 1.29 is 19.1 Å². The van der Waals surface area contributed by atoms with Gasteiger partial charge in [-0.25, -0.2) is 0 Å². The van der Waals surface area contributed by atoms with E-state index in [1.54, 1.807) is 0 Å². The lowest BCUT2D eigenvalue weighted by molar-refractivity contribution is -0.144. The van der Waals surface area contributed by atoms with Gasteiger partial charge in [-0.05, 0) is 40.5 Å². The molecule has 0 spiro atoms. The summed E-state index contributed by atoms with van der Waals surface area (Å²) in [6.07, 6.45) is 9.01. The predicted molar refractivity (Wildman–Crippen MR) is 107 cm³/mol. The van der Waals surface area contributed by atoms with Gasteiger partial charge in [-0.3, -0.25) is 14.5 Å². The number of hydrogen-bond donors (Lipinski definition) is 0. The van der Waals surface area contributed by atoms with Crippen molar-refractivity contribution in [3.63, 3.8) is 0 Å². The molecular formula is C21H37NO4. The topological polar surface area (TPSA) is 55.8 Å². The summed E-state index contributed by atoms with van der Waals surface area (Å²) in [6, 6.07) is 0. The summed E-state index contributed by atoms with van der Waals surface area (Å²) in [5.74, 6) is 1.88. The van der Waals surface area contributed by atoms with Crippen LogP contribution in [-0.2, 0) is 19.1 Å². The summed E-state index contributed by atoms with van der Waals surface area (Å²) in [5, 5.41) is 0. The van der Waals surface area contributed by atoms with Crippen LogP contribution in [0.4, 0.5) is 0 Å².